The maximum atomic E-state index is 12.3. The van der Waals surface area contributed by atoms with Crippen LogP contribution in [-0.4, -0.2) is 13.4 Å². The predicted octanol–water partition coefficient (Wildman–Crippen LogP) is 4.43. The molecule has 0 aliphatic rings. The molecule has 0 atom stereocenters. The molecular weight excluding hydrogens is 343 g/mol. The number of benzene rings is 2. The number of halogens is 3. The molecule has 134 valence electrons. The lowest BCUT2D eigenvalue weighted by molar-refractivity contribution is -0.274. The Morgan fingerprint density at radius 3 is 2.31 bits per heavy atom. The van der Waals surface area contributed by atoms with Crippen molar-refractivity contribution >= 4 is 11.4 Å². The Bertz CT molecular complexity index is 917. The highest BCUT2D eigenvalue weighted by molar-refractivity contribution is 5.85. The molecule has 0 fully saturated rings. The second-order valence-corrected chi connectivity index (χ2v) is 5.47. The van der Waals surface area contributed by atoms with E-state index in [1.807, 2.05) is 0 Å². The third kappa shape index (κ3) is 4.01. The van der Waals surface area contributed by atoms with Gasteiger partial charge in [-0.05, 0) is 48.7 Å². The van der Waals surface area contributed by atoms with Gasteiger partial charge in [-0.2, -0.15) is 5.26 Å². The highest BCUT2D eigenvalue weighted by Gasteiger charge is 2.31. The van der Waals surface area contributed by atoms with Gasteiger partial charge in [-0.3, -0.25) is 0 Å². The molecule has 4 nitrogen and oxygen atoms in total. The van der Waals surface area contributed by atoms with E-state index in [1.54, 1.807) is 31.9 Å². The van der Waals surface area contributed by atoms with Gasteiger partial charge in [-0.15, -0.1) is 13.2 Å². The molecule has 2 N–H and O–H groups in total. The lowest BCUT2D eigenvalue weighted by Crippen LogP contribution is -2.17. The smallest absolute Gasteiger partial charge is 0.406 e. The van der Waals surface area contributed by atoms with Gasteiger partial charge >= 0.3 is 6.36 Å². The van der Waals surface area contributed by atoms with Crippen molar-refractivity contribution < 1.29 is 17.9 Å². The number of nitrogen functional groups attached to an aromatic ring is 1. The molecule has 26 heavy (non-hydrogen) atoms. The minimum absolute atomic E-state index is 0.267. The van der Waals surface area contributed by atoms with E-state index in [-0.39, 0.29) is 11.4 Å². The highest BCUT2D eigenvalue weighted by atomic mass is 19.4. The van der Waals surface area contributed by atoms with Crippen LogP contribution in [0.2, 0.25) is 0 Å². The number of nitrogens with zero attached hydrogens (tertiary/aromatic N) is 2. The molecule has 0 aromatic heterocycles. The Morgan fingerprint density at radius 1 is 1.19 bits per heavy atom. The van der Waals surface area contributed by atoms with Crippen LogP contribution in [0, 0.1) is 30.2 Å². The first-order valence-electron chi connectivity index (χ1n) is 7.53. The van der Waals surface area contributed by atoms with Crippen molar-refractivity contribution in [3.63, 3.8) is 0 Å². The maximum Gasteiger partial charge on any atom is 0.573 e. The number of nitriles is 1. The summed E-state index contributed by atoms with van der Waals surface area (Å²) in [6.45, 7) is 3.48. The Balaban J connectivity index is 2.57. The first-order chi connectivity index (χ1) is 12.2. The molecule has 0 radical (unpaired) electrons. The molecule has 0 aliphatic heterocycles. The average Bonchev–Trinajstić information content (AvgIpc) is 2.55. The molecular formula is C19H16F3N3O. The third-order valence-electron chi connectivity index (χ3n) is 3.71. The normalized spacial score (nSPS) is 10.5. The molecule has 2 rings (SSSR count). The number of nitrogens with two attached hydrogens (primary N) is 1. The summed E-state index contributed by atoms with van der Waals surface area (Å²) in [5.41, 5.74) is 9.23. The van der Waals surface area contributed by atoms with Gasteiger partial charge in [0.15, 0.2) is 0 Å². The Labute approximate surface area is 149 Å². The minimum atomic E-state index is -4.75. The molecule has 7 heteroatoms. The summed E-state index contributed by atoms with van der Waals surface area (Å²) in [6, 6.07) is 12.0. The summed E-state index contributed by atoms with van der Waals surface area (Å²) >= 11 is 0. The van der Waals surface area contributed by atoms with Gasteiger partial charge in [0.05, 0.1) is 16.9 Å². The van der Waals surface area contributed by atoms with E-state index in [9.17, 15) is 18.4 Å². The average molecular weight is 359 g/mol. The lowest BCUT2D eigenvalue weighted by atomic mass is 9.94. The zero-order valence-electron chi connectivity index (χ0n) is 14.4. The number of hydrogen-bond acceptors (Lipinski definition) is 4. The quantitative estimate of drug-likeness (QED) is 0.500. The lowest BCUT2D eigenvalue weighted by Gasteiger charge is -2.20. The fourth-order valence-corrected chi connectivity index (χ4v) is 2.68. The van der Waals surface area contributed by atoms with Crippen LogP contribution in [0.3, 0.4) is 0 Å². The van der Waals surface area contributed by atoms with Crippen molar-refractivity contribution in [2.75, 3.05) is 17.7 Å². The molecule has 0 aliphatic carbocycles. The van der Waals surface area contributed by atoms with E-state index in [0.29, 0.717) is 22.4 Å². The van der Waals surface area contributed by atoms with Crippen molar-refractivity contribution in [1.82, 2.24) is 0 Å². The molecule has 0 spiro atoms. The van der Waals surface area contributed by atoms with Gasteiger partial charge < -0.3 is 15.4 Å². The summed E-state index contributed by atoms with van der Waals surface area (Å²) in [4.78, 5) is 1.61. The van der Waals surface area contributed by atoms with Crippen LogP contribution in [-0.2, 0) is 0 Å². The summed E-state index contributed by atoms with van der Waals surface area (Å²) in [5.74, 6) is 2.44. The number of anilines is 2. The van der Waals surface area contributed by atoms with E-state index in [2.05, 4.69) is 22.8 Å². The topological polar surface area (TPSA) is 62.3 Å². The van der Waals surface area contributed by atoms with Crippen LogP contribution in [0.15, 0.2) is 30.3 Å². The van der Waals surface area contributed by atoms with Crippen LogP contribution in [0.4, 0.5) is 24.5 Å². The monoisotopic (exact) mass is 359 g/mol. The first kappa shape index (κ1) is 19.0. The molecule has 0 saturated carbocycles. The maximum absolute atomic E-state index is 12.3. The number of ether oxygens (including phenoxy) is 1. The molecule has 0 bridgehead atoms. The van der Waals surface area contributed by atoms with Crippen LogP contribution in [0.1, 0.15) is 18.1 Å². The summed E-state index contributed by atoms with van der Waals surface area (Å²) in [6.07, 6.45) is -4.75. The van der Waals surface area contributed by atoms with Gasteiger partial charge in [-0.1, -0.05) is 18.1 Å². The SMILES string of the molecule is CC#CN(C)c1c(C)c(-c2ccc(OC(F)(F)F)cc2)cc(N)c1C#N. The second kappa shape index (κ2) is 7.28. The molecule has 2 aromatic carbocycles. The molecule has 0 saturated heterocycles. The molecule has 0 amide bonds. The van der Waals surface area contributed by atoms with E-state index < -0.39 is 6.36 Å². The minimum Gasteiger partial charge on any atom is -0.406 e. The van der Waals surface area contributed by atoms with Crippen LogP contribution >= 0.6 is 0 Å². The first-order valence-corrected chi connectivity index (χ1v) is 7.53. The summed E-state index contributed by atoms with van der Waals surface area (Å²) < 4.78 is 40.8. The Kier molecular flexibility index (Phi) is 5.33. The fourth-order valence-electron chi connectivity index (χ4n) is 2.68. The predicted molar refractivity (Wildman–Crippen MR) is 94.3 cm³/mol. The van der Waals surface area contributed by atoms with Gasteiger partial charge in [0, 0.05) is 13.1 Å². The van der Waals surface area contributed by atoms with Crippen molar-refractivity contribution in [3.05, 3.63) is 41.5 Å². The Morgan fingerprint density at radius 2 is 1.81 bits per heavy atom. The van der Waals surface area contributed by atoms with E-state index in [4.69, 9.17) is 5.73 Å². The second-order valence-electron chi connectivity index (χ2n) is 5.47. The summed E-state index contributed by atoms with van der Waals surface area (Å²) in [7, 11) is 1.71. The number of rotatable bonds is 3. The Hall–Kier alpha value is -3.32. The molecule has 2 aromatic rings. The van der Waals surface area contributed by atoms with Gasteiger partial charge in [0.25, 0.3) is 0 Å². The fraction of sp³-hybridized carbons (Fsp3) is 0.211. The summed E-state index contributed by atoms with van der Waals surface area (Å²) in [5, 5.41) is 9.42. The van der Waals surface area contributed by atoms with Crippen molar-refractivity contribution in [2.24, 2.45) is 0 Å². The van der Waals surface area contributed by atoms with E-state index in [0.717, 1.165) is 5.56 Å². The molecule has 0 heterocycles. The standard InChI is InChI=1S/C19H16F3N3O/c1-4-9-25(3)18-12(2)15(10-17(24)16(18)11-23)13-5-7-14(8-6-13)26-19(20,21)22/h5-8,10H,24H2,1-3H3. The van der Waals surface area contributed by atoms with Gasteiger partial charge in [-0.25, -0.2) is 0 Å². The largest absolute Gasteiger partial charge is 0.573 e. The van der Waals surface area contributed by atoms with Crippen LogP contribution in [0.5, 0.6) is 5.75 Å². The zero-order chi connectivity index (χ0) is 19.5. The van der Waals surface area contributed by atoms with Gasteiger partial charge in [0.1, 0.15) is 11.8 Å². The van der Waals surface area contributed by atoms with Crippen molar-refractivity contribution in [1.29, 1.82) is 5.26 Å². The van der Waals surface area contributed by atoms with Crippen LogP contribution < -0.4 is 15.4 Å². The number of alkyl halides is 3. The van der Waals surface area contributed by atoms with E-state index >= 15 is 0 Å². The van der Waals surface area contributed by atoms with E-state index in [1.165, 1.54) is 24.3 Å². The number of hydrogen-bond donors (Lipinski definition) is 1. The van der Waals surface area contributed by atoms with Crippen LogP contribution in [0.25, 0.3) is 11.1 Å². The third-order valence-corrected chi connectivity index (χ3v) is 3.71. The van der Waals surface area contributed by atoms with Crippen molar-refractivity contribution in [2.45, 2.75) is 20.2 Å². The highest BCUT2D eigenvalue weighted by Crippen LogP contribution is 2.37. The molecule has 0 unspecified atom stereocenters. The van der Waals surface area contributed by atoms with Gasteiger partial charge in [0.2, 0.25) is 0 Å². The van der Waals surface area contributed by atoms with Crippen molar-refractivity contribution in [3.8, 4) is 34.9 Å². The zero-order valence-corrected chi connectivity index (χ0v) is 14.4.